The normalized spacial score (nSPS) is 12.1. The van der Waals surface area contributed by atoms with Crippen molar-refractivity contribution in [3.8, 4) is 0 Å². The van der Waals surface area contributed by atoms with E-state index in [9.17, 15) is 19.8 Å². The monoisotopic (exact) mass is 334 g/mol. The van der Waals surface area contributed by atoms with E-state index in [1.807, 2.05) is 19.9 Å². The molecule has 0 fully saturated rings. The fourth-order valence-corrected chi connectivity index (χ4v) is 3.15. The number of hydrogen-bond acceptors (Lipinski definition) is 2. The van der Waals surface area contributed by atoms with Gasteiger partial charge >= 0.3 is 11.9 Å². The van der Waals surface area contributed by atoms with Crippen molar-refractivity contribution < 1.29 is 19.8 Å². The minimum atomic E-state index is -1.18. The number of rotatable bonds is 11. The lowest BCUT2D eigenvalue weighted by Gasteiger charge is -2.19. The van der Waals surface area contributed by atoms with Gasteiger partial charge in [-0.1, -0.05) is 58.9 Å². The summed E-state index contributed by atoms with van der Waals surface area (Å²) in [7, 11) is 0. The minimum Gasteiger partial charge on any atom is -0.478 e. The molecule has 0 aliphatic heterocycles. The predicted octanol–water partition coefficient (Wildman–Crippen LogP) is 5.50. The Labute approximate surface area is 144 Å². The summed E-state index contributed by atoms with van der Waals surface area (Å²) < 4.78 is 0. The fraction of sp³-hybridized carbons (Fsp3) is 0.600. The van der Waals surface area contributed by atoms with E-state index in [0.29, 0.717) is 5.56 Å². The van der Waals surface area contributed by atoms with Gasteiger partial charge in [-0.25, -0.2) is 9.59 Å². The van der Waals surface area contributed by atoms with Crippen LogP contribution in [0.1, 0.15) is 103 Å². The van der Waals surface area contributed by atoms with Crippen LogP contribution in [0.25, 0.3) is 0 Å². The first-order chi connectivity index (χ1) is 11.4. The quantitative estimate of drug-likeness (QED) is 0.524. The van der Waals surface area contributed by atoms with Crippen molar-refractivity contribution in [3.05, 3.63) is 34.4 Å². The van der Waals surface area contributed by atoms with Gasteiger partial charge in [-0.15, -0.1) is 0 Å². The number of carbonyl (C=O) groups is 2. The molecule has 0 bridgehead atoms. The van der Waals surface area contributed by atoms with Gasteiger partial charge in [0.1, 0.15) is 0 Å². The second-order valence-electron chi connectivity index (χ2n) is 6.50. The summed E-state index contributed by atoms with van der Waals surface area (Å²) in [4.78, 5) is 23.1. The molecule has 0 aromatic heterocycles. The van der Waals surface area contributed by atoms with Crippen LogP contribution < -0.4 is 0 Å². The van der Waals surface area contributed by atoms with Gasteiger partial charge in [-0.3, -0.25) is 0 Å². The van der Waals surface area contributed by atoms with Gasteiger partial charge in [0.2, 0.25) is 0 Å². The van der Waals surface area contributed by atoms with Gasteiger partial charge in [0, 0.05) is 0 Å². The molecule has 1 aromatic rings. The lowest BCUT2D eigenvalue weighted by molar-refractivity contribution is 0.0650. The van der Waals surface area contributed by atoms with Gasteiger partial charge in [0.05, 0.1) is 11.1 Å². The van der Waals surface area contributed by atoms with Crippen molar-refractivity contribution >= 4 is 11.9 Å². The van der Waals surface area contributed by atoms with Crippen LogP contribution >= 0.6 is 0 Å². The van der Waals surface area contributed by atoms with E-state index in [-0.39, 0.29) is 17.0 Å². The Morgan fingerprint density at radius 2 is 1.58 bits per heavy atom. The van der Waals surface area contributed by atoms with Crippen molar-refractivity contribution in [1.29, 1.82) is 0 Å². The Hall–Kier alpha value is -1.84. The molecule has 1 unspecified atom stereocenters. The molecule has 0 aliphatic rings. The molecule has 24 heavy (non-hydrogen) atoms. The largest absolute Gasteiger partial charge is 0.478 e. The molecule has 0 saturated carbocycles. The molecule has 4 heteroatoms. The highest BCUT2D eigenvalue weighted by Gasteiger charge is 2.25. The average molecular weight is 334 g/mol. The Kier molecular flexibility index (Phi) is 8.51. The molecule has 134 valence electrons. The first kappa shape index (κ1) is 20.2. The summed E-state index contributed by atoms with van der Waals surface area (Å²) in [6.45, 7) is 6.16. The Morgan fingerprint density at radius 3 is 2.12 bits per heavy atom. The Morgan fingerprint density at radius 1 is 0.958 bits per heavy atom. The van der Waals surface area contributed by atoms with Crippen LogP contribution in [-0.4, -0.2) is 22.2 Å². The van der Waals surface area contributed by atoms with Gasteiger partial charge in [0.15, 0.2) is 0 Å². The van der Waals surface area contributed by atoms with Crippen molar-refractivity contribution in [3.63, 3.8) is 0 Å². The SMILES string of the molecule is CCCCCCCCc1ccc(C(=O)O)c(C(=O)O)c1C(C)CC. The molecule has 0 aliphatic carbocycles. The molecule has 0 radical (unpaired) electrons. The number of benzene rings is 1. The van der Waals surface area contributed by atoms with Crippen LogP contribution in [0.4, 0.5) is 0 Å². The summed E-state index contributed by atoms with van der Waals surface area (Å²) in [6.07, 6.45) is 8.66. The zero-order valence-corrected chi connectivity index (χ0v) is 15.1. The summed E-state index contributed by atoms with van der Waals surface area (Å²) in [5.41, 5.74) is 1.56. The van der Waals surface area contributed by atoms with E-state index in [0.717, 1.165) is 31.2 Å². The van der Waals surface area contributed by atoms with Gasteiger partial charge in [0.25, 0.3) is 0 Å². The highest BCUT2D eigenvalue weighted by Crippen LogP contribution is 2.30. The summed E-state index contributed by atoms with van der Waals surface area (Å²) >= 11 is 0. The zero-order chi connectivity index (χ0) is 18.1. The minimum absolute atomic E-state index is 0.0275. The highest BCUT2D eigenvalue weighted by atomic mass is 16.4. The summed E-state index contributed by atoms with van der Waals surface area (Å²) in [5, 5.41) is 18.9. The second kappa shape index (κ2) is 10.1. The smallest absolute Gasteiger partial charge is 0.336 e. The van der Waals surface area contributed by atoms with E-state index >= 15 is 0 Å². The number of aryl methyl sites for hydroxylation is 1. The third-order valence-corrected chi connectivity index (χ3v) is 4.68. The molecule has 0 saturated heterocycles. The van der Waals surface area contributed by atoms with E-state index in [1.54, 1.807) is 0 Å². The molecular formula is C20H30O4. The Balaban J connectivity index is 3.04. The molecule has 2 N–H and O–H groups in total. The van der Waals surface area contributed by atoms with Gasteiger partial charge in [-0.05, 0) is 42.4 Å². The van der Waals surface area contributed by atoms with Crippen LogP contribution in [0.15, 0.2) is 12.1 Å². The highest BCUT2D eigenvalue weighted by molar-refractivity contribution is 6.03. The molecule has 0 amide bonds. The van der Waals surface area contributed by atoms with Crippen molar-refractivity contribution in [2.75, 3.05) is 0 Å². The maximum absolute atomic E-state index is 11.7. The summed E-state index contributed by atoms with van der Waals surface area (Å²) in [5.74, 6) is -2.29. The van der Waals surface area contributed by atoms with E-state index < -0.39 is 11.9 Å². The van der Waals surface area contributed by atoms with Crippen molar-refractivity contribution in [2.45, 2.75) is 78.1 Å². The molecule has 4 nitrogen and oxygen atoms in total. The number of carboxylic acids is 2. The summed E-state index contributed by atoms with van der Waals surface area (Å²) in [6, 6.07) is 3.26. The van der Waals surface area contributed by atoms with Crippen molar-refractivity contribution in [1.82, 2.24) is 0 Å². The molecular weight excluding hydrogens is 304 g/mol. The third-order valence-electron chi connectivity index (χ3n) is 4.68. The van der Waals surface area contributed by atoms with Gasteiger partial charge in [-0.2, -0.15) is 0 Å². The van der Waals surface area contributed by atoms with Crippen molar-refractivity contribution in [2.24, 2.45) is 0 Å². The van der Waals surface area contributed by atoms with Crippen LogP contribution in [-0.2, 0) is 6.42 Å². The number of hydrogen-bond donors (Lipinski definition) is 2. The standard InChI is InChI=1S/C20H30O4/c1-4-6-7-8-9-10-11-15-12-13-16(19(21)22)18(20(23)24)17(15)14(3)5-2/h12-14H,4-11H2,1-3H3,(H,21,22)(H,23,24). The lowest BCUT2D eigenvalue weighted by Crippen LogP contribution is -2.15. The fourth-order valence-electron chi connectivity index (χ4n) is 3.15. The average Bonchev–Trinajstić information content (AvgIpc) is 2.56. The van der Waals surface area contributed by atoms with Gasteiger partial charge < -0.3 is 10.2 Å². The maximum Gasteiger partial charge on any atom is 0.336 e. The van der Waals surface area contributed by atoms with Crippen LogP contribution in [0.3, 0.4) is 0 Å². The topological polar surface area (TPSA) is 74.6 Å². The first-order valence-electron chi connectivity index (χ1n) is 9.06. The van der Waals surface area contributed by atoms with E-state index in [4.69, 9.17) is 0 Å². The molecule has 0 heterocycles. The number of unbranched alkanes of at least 4 members (excludes halogenated alkanes) is 5. The van der Waals surface area contributed by atoms with Crippen LogP contribution in [0.2, 0.25) is 0 Å². The molecule has 1 aromatic carbocycles. The number of aromatic carboxylic acids is 2. The van der Waals surface area contributed by atoms with Crippen LogP contribution in [0, 0.1) is 0 Å². The second-order valence-corrected chi connectivity index (χ2v) is 6.50. The van der Waals surface area contributed by atoms with Crippen LogP contribution in [0.5, 0.6) is 0 Å². The maximum atomic E-state index is 11.7. The molecule has 0 spiro atoms. The zero-order valence-electron chi connectivity index (χ0n) is 15.1. The molecule has 1 rings (SSSR count). The van der Waals surface area contributed by atoms with E-state index in [1.165, 1.54) is 31.7 Å². The molecule has 1 atom stereocenters. The predicted molar refractivity (Wildman–Crippen MR) is 96.1 cm³/mol. The Bertz CT molecular complexity index is 563. The third kappa shape index (κ3) is 5.36. The first-order valence-corrected chi connectivity index (χ1v) is 9.06. The lowest BCUT2D eigenvalue weighted by atomic mass is 9.84. The number of carboxylic acid groups (broad SMARTS) is 2. The van der Waals surface area contributed by atoms with E-state index in [2.05, 4.69) is 6.92 Å².